The second-order valence-corrected chi connectivity index (χ2v) is 12.4. The summed E-state index contributed by atoms with van der Waals surface area (Å²) in [5.74, 6) is 0. The van der Waals surface area contributed by atoms with Gasteiger partial charge in [-0.1, -0.05) is 146 Å². The molecule has 0 radical (unpaired) electrons. The van der Waals surface area contributed by atoms with Crippen molar-refractivity contribution in [3.63, 3.8) is 0 Å². The van der Waals surface area contributed by atoms with Crippen molar-refractivity contribution in [2.75, 3.05) is 0 Å². The van der Waals surface area contributed by atoms with Crippen molar-refractivity contribution in [3.05, 3.63) is 182 Å². The third-order valence-electron chi connectivity index (χ3n) is 9.80. The highest BCUT2D eigenvalue weighted by molar-refractivity contribution is 6.20. The predicted octanol–water partition coefficient (Wildman–Crippen LogP) is 12.1. The van der Waals surface area contributed by atoms with Crippen molar-refractivity contribution >= 4 is 59.7 Å². The average molecular weight is 613 g/mol. The van der Waals surface area contributed by atoms with Crippen LogP contribution in [0.1, 0.15) is 5.56 Å². The van der Waals surface area contributed by atoms with Crippen molar-refractivity contribution in [2.45, 2.75) is 0 Å². The zero-order valence-corrected chi connectivity index (χ0v) is 26.4. The summed E-state index contributed by atoms with van der Waals surface area (Å²) in [4.78, 5) is 0. The minimum atomic E-state index is 0.924. The molecule has 1 aromatic heterocycles. The highest BCUT2D eigenvalue weighted by Gasteiger charge is 2.18. The molecule has 0 saturated heterocycles. The number of nitrogens with zero attached hydrogens (tertiary/aromatic N) is 1. The van der Waals surface area contributed by atoms with Crippen molar-refractivity contribution < 1.29 is 0 Å². The molecule has 2 nitrogen and oxygen atoms in total. The van der Waals surface area contributed by atoms with Crippen LogP contribution in [0.4, 0.5) is 0 Å². The molecule has 0 saturated carbocycles. The maximum atomic E-state index is 5.99. The Hall–Kier alpha value is -6.38. The molecular formula is C46H32N2. The molecule has 2 N–H and O–H groups in total. The van der Waals surface area contributed by atoms with Gasteiger partial charge in [0.1, 0.15) is 0 Å². The van der Waals surface area contributed by atoms with E-state index in [9.17, 15) is 0 Å². The van der Waals surface area contributed by atoms with Crippen LogP contribution in [0.5, 0.6) is 0 Å². The molecule has 8 aromatic carbocycles. The molecular weight excluding hydrogens is 581 g/mol. The Kier molecular flexibility index (Phi) is 6.48. The highest BCUT2D eigenvalue weighted by Crippen LogP contribution is 2.41. The summed E-state index contributed by atoms with van der Waals surface area (Å²) in [6.45, 7) is 3.99. The number of allylic oxidation sites excluding steroid dienone is 2. The number of hydrogen-bond donors (Lipinski definition) is 1. The number of hydrogen-bond acceptors (Lipinski definition) is 1. The second-order valence-electron chi connectivity index (χ2n) is 12.4. The van der Waals surface area contributed by atoms with Crippen molar-refractivity contribution in [1.29, 1.82) is 0 Å². The zero-order chi connectivity index (χ0) is 32.2. The number of benzene rings is 8. The van der Waals surface area contributed by atoms with E-state index in [2.05, 4.69) is 169 Å². The van der Waals surface area contributed by atoms with E-state index in [-0.39, 0.29) is 0 Å². The monoisotopic (exact) mass is 612 g/mol. The van der Waals surface area contributed by atoms with Gasteiger partial charge in [-0.15, -0.1) is 0 Å². The molecule has 226 valence electrons. The summed E-state index contributed by atoms with van der Waals surface area (Å²) in [6.07, 6.45) is 3.45. The molecule has 48 heavy (non-hydrogen) atoms. The van der Waals surface area contributed by atoms with E-state index in [4.69, 9.17) is 5.73 Å². The fourth-order valence-electron chi connectivity index (χ4n) is 7.56. The third-order valence-corrected chi connectivity index (χ3v) is 9.80. The molecule has 9 aromatic rings. The van der Waals surface area contributed by atoms with Gasteiger partial charge in [-0.05, 0) is 84.6 Å². The Balaban J connectivity index is 1.30. The summed E-state index contributed by atoms with van der Waals surface area (Å²) in [5.41, 5.74) is 16.4. The lowest BCUT2D eigenvalue weighted by Gasteiger charge is -2.14. The fourth-order valence-corrected chi connectivity index (χ4v) is 7.56. The summed E-state index contributed by atoms with van der Waals surface area (Å²) in [5, 5.41) is 9.80. The van der Waals surface area contributed by atoms with Crippen LogP contribution in [-0.2, 0) is 0 Å². The quantitative estimate of drug-likeness (QED) is 0.193. The van der Waals surface area contributed by atoms with E-state index in [1.54, 1.807) is 6.20 Å². The number of nitrogens with two attached hydrogens (primary N) is 1. The van der Waals surface area contributed by atoms with Crippen molar-refractivity contribution in [1.82, 2.24) is 4.57 Å². The van der Waals surface area contributed by atoms with Gasteiger partial charge in [0.15, 0.2) is 0 Å². The Morgan fingerprint density at radius 1 is 0.500 bits per heavy atom. The van der Waals surface area contributed by atoms with Crippen LogP contribution < -0.4 is 5.73 Å². The summed E-state index contributed by atoms with van der Waals surface area (Å²) in [6, 6.07) is 57.3. The Morgan fingerprint density at radius 2 is 1.17 bits per heavy atom. The van der Waals surface area contributed by atoms with Crippen molar-refractivity contribution in [2.24, 2.45) is 5.73 Å². The number of para-hydroxylation sites is 1. The molecule has 0 aliphatic heterocycles. The first-order valence-corrected chi connectivity index (χ1v) is 16.3. The van der Waals surface area contributed by atoms with Crippen LogP contribution in [0.3, 0.4) is 0 Å². The minimum Gasteiger partial charge on any atom is -0.404 e. The smallest absolute Gasteiger partial charge is 0.0619 e. The first-order valence-electron chi connectivity index (χ1n) is 16.3. The van der Waals surface area contributed by atoms with E-state index >= 15 is 0 Å². The van der Waals surface area contributed by atoms with Gasteiger partial charge in [0.05, 0.1) is 11.0 Å². The largest absolute Gasteiger partial charge is 0.404 e. The molecule has 2 heteroatoms. The van der Waals surface area contributed by atoms with E-state index in [1.807, 2.05) is 6.08 Å². The van der Waals surface area contributed by atoms with Gasteiger partial charge in [0.2, 0.25) is 0 Å². The molecule has 0 unspecified atom stereocenters. The minimum absolute atomic E-state index is 0.924. The Bertz CT molecular complexity index is 2740. The molecule has 0 amide bonds. The topological polar surface area (TPSA) is 30.9 Å². The van der Waals surface area contributed by atoms with E-state index in [0.29, 0.717) is 0 Å². The fraction of sp³-hybridized carbons (Fsp3) is 0. The Morgan fingerprint density at radius 3 is 1.98 bits per heavy atom. The standard InChI is InChI=1S/C46H32N2/c1-2-30(29-47)38-25-26-39(42-17-9-8-16-41(38)42)34-20-23-43-44-24-21-33-27-32(37-18-10-12-31-11-6-7-15-36(31)37)19-22-40(33)46(44)48(45(43)28-34)35-13-4-3-5-14-35/h2-29H,1,47H2/b30-29+. The maximum absolute atomic E-state index is 5.99. The van der Waals surface area contributed by atoms with E-state index in [0.717, 1.165) is 22.2 Å². The van der Waals surface area contributed by atoms with E-state index < -0.39 is 0 Å². The van der Waals surface area contributed by atoms with Crippen LogP contribution in [0.2, 0.25) is 0 Å². The van der Waals surface area contributed by atoms with Gasteiger partial charge in [-0.25, -0.2) is 0 Å². The predicted molar refractivity (Wildman–Crippen MR) is 207 cm³/mol. The normalized spacial score (nSPS) is 12.0. The molecule has 0 bridgehead atoms. The third kappa shape index (κ3) is 4.27. The maximum Gasteiger partial charge on any atom is 0.0619 e. The molecule has 0 aliphatic carbocycles. The Labute approximate surface area is 279 Å². The SMILES string of the molecule is C=C/C(=C\N)c1ccc(-c2ccc3c4ccc5cc(-c6cccc7ccccc67)ccc5c4n(-c4ccccc4)c3c2)c2ccccc12. The van der Waals surface area contributed by atoms with Gasteiger partial charge in [-0.2, -0.15) is 0 Å². The van der Waals surface area contributed by atoms with Gasteiger partial charge >= 0.3 is 0 Å². The van der Waals surface area contributed by atoms with Crippen LogP contribution in [0, 0.1) is 0 Å². The molecule has 0 aliphatic rings. The van der Waals surface area contributed by atoms with E-state index in [1.165, 1.54) is 71.0 Å². The van der Waals surface area contributed by atoms with Crippen LogP contribution in [0.15, 0.2) is 177 Å². The summed E-state index contributed by atoms with van der Waals surface area (Å²) < 4.78 is 2.44. The molecule has 0 fully saturated rings. The zero-order valence-electron chi connectivity index (χ0n) is 26.4. The van der Waals surface area contributed by atoms with Gasteiger partial charge in [-0.3, -0.25) is 0 Å². The summed E-state index contributed by atoms with van der Waals surface area (Å²) in [7, 11) is 0. The first-order chi connectivity index (χ1) is 23.7. The molecule has 0 spiro atoms. The molecule has 1 heterocycles. The van der Waals surface area contributed by atoms with Crippen LogP contribution >= 0.6 is 0 Å². The van der Waals surface area contributed by atoms with Gasteiger partial charge in [0, 0.05) is 28.0 Å². The molecule has 0 atom stereocenters. The highest BCUT2D eigenvalue weighted by atomic mass is 15.0. The van der Waals surface area contributed by atoms with Gasteiger partial charge in [0.25, 0.3) is 0 Å². The van der Waals surface area contributed by atoms with Gasteiger partial charge < -0.3 is 10.3 Å². The molecule has 9 rings (SSSR count). The first kappa shape index (κ1) is 27.9. The summed E-state index contributed by atoms with van der Waals surface area (Å²) >= 11 is 0. The second kappa shape index (κ2) is 11.2. The van der Waals surface area contributed by atoms with Crippen LogP contribution in [0.25, 0.3) is 87.6 Å². The van der Waals surface area contributed by atoms with Crippen molar-refractivity contribution in [3.8, 4) is 27.9 Å². The lowest BCUT2D eigenvalue weighted by Crippen LogP contribution is -1.95. The average Bonchev–Trinajstić information content (AvgIpc) is 3.49. The lowest BCUT2D eigenvalue weighted by atomic mass is 9.92. The lowest BCUT2D eigenvalue weighted by molar-refractivity contribution is 1.19. The number of rotatable bonds is 5. The number of aromatic nitrogens is 1. The number of fused-ring (bicyclic) bond motifs is 7. The van der Waals surface area contributed by atoms with Crippen LogP contribution in [-0.4, -0.2) is 4.57 Å².